The summed E-state index contributed by atoms with van der Waals surface area (Å²) in [5.74, 6) is 0. The Morgan fingerprint density at radius 2 is 1.67 bits per heavy atom. The lowest BCUT2D eigenvalue weighted by Gasteiger charge is -2.41. The van der Waals surface area contributed by atoms with Gasteiger partial charge in [-0.25, -0.2) is 12.7 Å². The zero-order valence-electron chi connectivity index (χ0n) is 13.2. The number of halogens is 2. The molecule has 0 N–H and O–H groups in total. The zero-order valence-corrected chi connectivity index (χ0v) is 15.6. The molecule has 1 aliphatic heterocycles. The fraction of sp³-hybridized carbons (Fsp3) is 0.294. The summed E-state index contributed by atoms with van der Waals surface area (Å²) in [5.41, 5.74) is 3.18. The molecule has 1 fully saturated rings. The molecular weight excluding hydrogens is 367 g/mol. The van der Waals surface area contributed by atoms with Crippen molar-refractivity contribution < 1.29 is 8.42 Å². The average molecular weight is 385 g/mol. The molecule has 0 aromatic heterocycles. The maximum atomic E-state index is 11.4. The molecule has 0 spiro atoms. The number of aryl methyl sites for hydroxylation is 1. The van der Waals surface area contributed by atoms with Gasteiger partial charge in [0.1, 0.15) is 0 Å². The number of nitrogens with zero attached hydrogens (tertiary/aromatic N) is 2. The monoisotopic (exact) mass is 384 g/mol. The Hall–Kier alpha value is -1.27. The molecule has 1 heterocycles. The van der Waals surface area contributed by atoms with Gasteiger partial charge in [0.15, 0.2) is 0 Å². The normalized spacial score (nSPS) is 19.0. The minimum atomic E-state index is -2.58. The van der Waals surface area contributed by atoms with Crippen LogP contribution >= 0.6 is 23.2 Å². The minimum Gasteiger partial charge on any atom is -0.362 e. The van der Waals surface area contributed by atoms with Crippen molar-refractivity contribution in [2.24, 2.45) is 0 Å². The number of benzene rings is 2. The second kappa shape index (κ2) is 7.31. The summed E-state index contributed by atoms with van der Waals surface area (Å²) < 4.78 is 24.4. The van der Waals surface area contributed by atoms with Crippen molar-refractivity contribution >= 4 is 39.8 Å². The molecule has 128 valence electrons. The van der Waals surface area contributed by atoms with Gasteiger partial charge in [-0.15, -0.1) is 0 Å². The van der Waals surface area contributed by atoms with E-state index in [0.717, 1.165) is 16.8 Å². The van der Waals surface area contributed by atoms with Crippen molar-refractivity contribution in [3.63, 3.8) is 0 Å². The molecule has 0 aliphatic carbocycles. The Kier molecular flexibility index (Phi) is 5.35. The van der Waals surface area contributed by atoms with E-state index < -0.39 is 10.9 Å². The molecule has 24 heavy (non-hydrogen) atoms. The van der Waals surface area contributed by atoms with Crippen molar-refractivity contribution in [3.8, 4) is 0 Å². The molecule has 2 aromatic rings. The van der Waals surface area contributed by atoms with Crippen LogP contribution in [0.2, 0.25) is 10.0 Å². The molecule has 3 rings (SSSR count). The molecule has 1 aliphatic rings. The van der Waals surface area contributed by atoms with Crippen molar-refractivity contribution in [1.29, 1.82) is 0 Å². The van der Waals surface area contributed by atoms with Crippen molar-refractivity contribution in [2.75, 3.05) is 24.5 Å². The standard InChI is InChI=1S/C17H18Cl2N2O2S/c1-12-10-15(19)6-7-16(12)21-9-8-20(24(22)23)11-17(21)13-2-4-14(18)5-3-13/h2-7,10,17,24H,8-9,11H2,1H3. The predicted molar refractivity (Wildman–Crippen MR) is 99.6 cm³/mol. The summed E-state index contributed by atoms with van der Waals surface area (Å²) in [5, 5.41) is 1.36. The molecule has 2 aromatic carbocycles. The Labute approximate surface area is 153 Å². The molecule has 7 heteroatoms. The minimum absolute atomic E-state index is 0.0659. The maximum Gasteiger partial charge on any atom is 0.204 e. The van der Waals surface area contributed by atoms with Crippen LogP contribution in [0.15, 0.2) is 42.5 Å². The number of thiol groups is 1. The van der Waals surface area contributed by atoms with Gasteiger partial charge < -0.3 is 4.90 Å². The van der Waals surface area contributed by atoms with Gasteiger partial charge in [0.05, 0.1) is 6.04 Å². The van der Waals surface area contributed by atoms with E-state index in [1.165, 1.54) is 4.31 Å². The van der Waals surface area contributed by atoms with Gasteiger partial charge in [-0.2, -0.15) is 0 Å². The van der Waals surface area contributed by atoms with E-state index in [4.69, 9.17) is 23.2 Å². The largest absolute Gasteiger partial charge is 0.362 e. The second-order valence-corrected chi connectivity index (χ2v) is 7.76. The molecule has 0 radical (unpaired) electrons. The van der Waals surface area contributed by atoms with E-state index in [-0.39, 0.29) is 6.04 Å². The summed E-state index contributed by atoms with van der Waals surface area (Å²) in [6.45, 7) is 3.53. The van der Waals surface area contributed by atoms with E-state index in [1.807, 2.05) is 49.4 Å². The topological polar surface area (TPSA) is 40.6 Å². The van der Waals surface area contributed by atoms with E-state index in [9.17, 15) is 8.42 Å². The van der Waals surface area contributed by atoms with E-state index in [2.05, 4.69) is 4.90 Å². The van der Waals surface area contributed by atoms with Gasteiger partial charge in [-0.1, -0.05) is 35.3 Å². The third-order valence-electron chi connectivity index (χ3n) is 4.31. The average Bonchev–Trinajstić information content (AvgIpc) is 2.55. The highest BCUT2D eigenvalue weighted by Gasteiger charge is 2.30. The van der Waals surface area contributed by atoms with Gasteiger partial charge in [0.2, 0.25) is 10.9 Å². The predicted octanol–water partition coefficient (Wildman–Crippen LogP) is 3.69. The molecule has 1 unspecified atom stereocenters. The molecule has 0 saturated carbocycles. The molecule has 1 saturated heterocycles. The highest BCUT2D eigenvalue weighted by atomic mass is 35.5. The Morgan fingerprint density at radius 1 is 1.00 bits per heavy atom. The smallest absolute Gasteiger partial charge is 0.204 e. The van der Waals surface area contributed by atoms with E-state index >= 15 is 0 Å². The van der Waals surface area contributed by atoms with E-state index in [1.54, 1.807) is 0 Å². The van der Waals surface area contributed by atoms with Crippen molar-refractivity contribution in [3.05, 3.63) is 63.6 Å². The van der Waals surface area contributed by atoms with Crippen molar-refractivity contribution in [1.82, 2.24) is 4.31 Å². The van der Waals surface area contributed by atoms with E-state index in [0.29, 0.717) is 29.7 Å². The van der Waals surface area contributed by atoms with Gasteiger partial charge in [-0.3, -0.25) is 0 Å². The van der Waals surface area contributed by atoms with Crippen LogP contribution in [0.25, 0.3) is 0 Å². The first-order valence-electron chi connectivity index (χ1n) is 7.63. The molecule has 1 atom stereocenters. The number of anilines is 1. The number of rotatable bonds is 3. The first kappa shape index (κ1) is 17.5. The van der Waals surface area contributed by atoms with Crippen LogP contribution in [-0.4, -0.2) is 32.4 Å². The summed E-state index contributed by atoms with van der Waals surface area (Å²) in [4.78, 5) is 2.24. The number of hydrogen-bond donors (Lipinski definition) is 1. The summed E-state index contributed by atoms with van der Waals surface area (Å²) in [7, 11) is -2.58. The Bertz CT molecular complexity index is 801. The second-order valence-electron chi connectivity index (χ2n) is 5.84. The lowest BCUT2D eigenvalue weighted by molar-refractivity contribution is 0.344. The molecular formula is C17H18Cl2N2O2S. The van der Waals surface area contributed by atoms with Gasteiger partial charge in [-0.05, 0) is 48.4 Å². The van der Waals surface area contributed by atoms with Crippen LogP contribution < -0.4 is 4.90 Å². The van der Waals surface area contributed by atoms with Crippen LogP contribution in [0.1, 0.15) is 17.2 Å². The first-order chi connectivity index (χ1) is 11.5. The quantitative estimate of drug-likeness (QED) is 0.820. The highest BCUT2D eigenvalue weighted by Crippen LogP contribution is 2.34. The lowest BCUT2D eigenvalue weighted by atomic mass is 10.0. The van der Waals surface area contributed by atoms with Crippen molar-refractivity contribution in [2.45, 2.75) is 13.0 Å². The van der Waals surface area contributed by atoms with Gasteiger partial charge in [0, 0.05) is 35.4 Å². The van der Waals surface area contributed by atoms with Crippen LogP contribution in [0.5, 0.6) is 0 Å². The first-order valence-corrected chi connectivity index (χ1v) is 9.52. The van der Waals surface area contributed by atoms with Crippen LogP contribution in [0, 0.1) is 6.92 Å². The summed E-state index contributed by atoms with van der Waals surface area (Å²) in [6, 6.07) is 13.3. The molecule has 0 amide bonds. The number of piperazine rings is 1. The van der Waals surface area contributed by atoms with Gasteiger partial charge in [0.25, 0.3) is 0 Å². The molecule has 0 bridgehead atoms. The lowest BCUT2D eigenvalue weighted by Crippen LogP contribution is -2.48. The maximum absolute atomic E-state index is 11.4. The number of hydrogen-bond acceptors (Lipinski definition) is 3. The fourth-order valence-electron chi connectivity index (χ4n) is 3.12. The Morgan fingerprint density at radius 3 is 2.29 bits per heavy atom. The Balaban J connectivity index is 2.00. The summed E-state index contributed by atoms with van der Waals surface area (Å²) >= 11 is 12.1. The summed E-state index contributed by atoms with van der Waals surface area (Å²) in [6.07, 6.45) is 0. The van der Waals surface area contributed by atoms with Crippen LogP contribution in [0.4, 0.5) is 5.69 Å². The zero-order chi connectivity index (χ0) is 17.3. The molecule has 4 nitrogen and oxygen atoms in total. The fourth-order valence-corrected chi connectivity index (χ4v) is 4.01. The van der Waals surface area contributed by atoms with Gasteiger partial charge >= 0.3 is 0 Å². The van der Waals surface area contributed by atoms with Crippen LogP contribution in [-0.2, 0) is 10.9 Å². The van der Waals surface area contributed by atoms with Crippen LogP contribution in [0.3, 0.4) is 0 Å². The SMILES string of the molecule is Cc1cc(Cl)ccc1N1CCN([SH](=O)=O)CC1c1ccc(Cl)cc1. The highest BCUT2D eigenvalue weighted by molar-refractivity contribution is 7.69. The third kappa shape index (κ3) is 3.70. The third-order valence-corrected chi connectivity index (χ3v) is 5.63.